The van der Waals surface area contributed by atoms with Crippen LogP contribution in [0.2, 0.25) is 0 Å². The molecule has 1 saturated heterocycles. The first-order valence-electron chi connectivity index (χ1n) is 8.76. The minimum atomic E-state index is -0.114. The zero-order valence-electron chi connectivity index (χ0n) is 15.2. The van der Waals surface area contributed by atoms with Crippen molar-refractivity contribution in [3.8, 4) is 0 Å². The molecule has 24 heavy (non-hydrogen) atoms. The quantitative estimate of drug-likeness (QED) is 0.429. The van der Waals surface area contributed by atoms with Gasteiger partial charge in [0.15, 0.2) is 11.8 Å². The van der Waals surface area contributed by atoms with Crippen LogP contribution in [0.15, 0.2) is 9.52 Å². The second-order valence-corrected chi connectivity index (χ2v) is 7.88. The number of halogens is 1. The molecule has 0 spiro atoms. The molecule has 1 aromatic heterocycles. The minimum Gasteiger partial charge on any atom is -0.349 e. The van der Waals surface area contributed by atoms with E-state index in [0.717, 1.165) is 30.9 Å². The van der Waals surface area contributed by atoms with E-state index in [1.807, 2.05) is 7.05 Å². The van der Waals surface area contributed by atoms with Crippen LogP contribution in [0.3, 0.4) is 0 Å². The molecule has 0 aromatic carbocycles. The molecule has 0 radical (unpaired) electrons. The lowest BCUT2D eigenvalue weighted by Crippen LogP contribution is -2.40. The average molecular weight is 447 g/mol. The molecule has 0 bridgehead atoms. The number of nitrogens with one attached hydrogen (secondary N) is 1. The summed E-state index contributed by atoms with van der Waals surface area (Å²) in [5.74, 6) is 4.02. The third-order valence-electron chi connectivity index (χ3n) is 5.00. The normalized spacial score (nSPS) is 24.5. The van der Waals surface area contributed by atoms with Crippen molar-refractivity contribution in [2.45, 2.75) is 58.4 Å². The molecule has 1 N–H and O–H groups in total. The Morgan fingerprint density at radius 3 is 2.38 bits per heavy atom. The first-order valence-corrected chi connectivity index (χ1v) is 8.76. The van der Waals surface area contributed by atoms with Crippen molar-refractivity contribution >= 4 is 29.9 Å². The summed E-state index contributed by atoms with van der Waals surface area (Å²) in [5, 5.41) is 7.46. The number of fused-ring (bicyclic) bond motifs is 1. The Kier molecular flexibility index (Phi) is 6.50. The first kappa shape index (κ1) is 19.5. The number of guanidine groups is 1. The smallest absolute Gasteiger partial charge is 0.232 e. The number of likely N-dealkylation sites (tertiary alicyclic amines) is 1. The van der Waals surface area contributed by atoms with E-state index in [1.165, 1.54) is 25.7 Å². The lowest BCUT2D eigenvalue weighted by molar-refractivity contribution is 0.299. The monoisotopic (exact) mass is 447 g/mol. The summed E-state index contributed by atoms with van der Waals surface area (Å²) < 4.78 is 5.34. The molecule has 136 valence electrons. The average Bonchev–Trinajstić information content (AvgIpc) is 3.13. The Balaban J connectivity index is 0.00000208. The van der Waals surface area contributed by atoms with Crippen LogP contribution in [0.5, 0.6) is 0 Å². The van der Waals surface area contributed by atoms with Gasteiger partial charge in [-0.25, -0.2) is 0 Å². The van der Waals surface area contributed by atoms with Crippen LogP contribution >= 0.6 is 24.0 Å². The van der Waals surface area contributed by atoms with Gasteiger partial charge in [-0.3, -0.25) is 4.99 Å². The van der Waals surface area contributed by atoms with Gasteiger partial charge in [0.05, 0.1) is 6.54 Å². The SMILES string of the molecule is CN=C(NCc1noc(C(C)(C)C)n1)N1CC2CCCCC2C1.I. The zero-order chi connectivity index (χ0) is 16.4. The van der Waals surface area contributed by atoms with Crippen LogP contribution in [0.25, 0.3) is 0 Å². The standard InChI is InChI=1S/C17H29N5O.HI/c1-17(2,3)15-20-14(21-23-15)9-19-16(18-4)22-10-12-7-5-6-8-13(12)11-22;/h12-13H,5-11H2,1-4H3,(H,18,19);1H. The predicted octanol–water partition coefficient (Wildman–Crippen LogP) is 3.18. The number of aliphatic imine (C=N–C) groups is 1. The molecule has 0 amide bonds. The Labute approximate surface area is 161 Å². The van der Waals surface area contributed by atoms with Gasteiger partial charge in [0, 0.05) is 25.6 Å². The van der Waals surface area contributed by atoms with Crippen molar-refractivity contribution in [1.29, 1.82) is 0 Å². The maximum absolute atomic E-state index is 5.34. The molecule has 2 aliphatic rings. The maximum atomic E-state index is 5.34. The number of nitrogens with zero attached hydrogens (tertiary/aromatic N) is 4. The maximum Gasteiger partial charge on any atom is 0.232 e. The summed E-state index contributed by atoms with van der Waals surface area (Å²) in [6.45, 7) is 9.03. The van der Waals surface area contributed by atoms with Crippen molar-refractivity contribution in [3.63, 3.8) is 0 Å². The molecule has 6 nitrogen and oxygen atoms in total. The fourth-order valence-electron chi connectivity index (χ4n) is 3.70. The molecule has 7 heteroatoms. The Morgan fingerprint density at radius 1 is 1.25 bits per heavy atom. The summed E-state index contributed by atoms with van der Waals surface area (Å²) in [5.41, 5.74) is -0.114. The molecule has 2 unspecified atom stereocenters. The molecular formula is C17H30IN5O. The van der Waals surface area contributed by atoms with Crippen LogP contribution < -0.4 is 5.32 Å². The van der Waals surface area contributed by atoms with Crippen LogP contribution in [0.1, 0.15) is 58.2 Å². The highest BCUT2D eigenvalue weighted by Gasteiger charge is 2.35. The van der Waals surface area contributed by atoms with E-state index in [4.69, 9.17) is 4.52 Å². The van der Waals surface area contributed by atoms with Crippen molar-refractivity contribution in [2.75, 3.05) is 20.1 Å². The number of aromatic nitrogens is 2. The lowest BCUT2D eigenvalue weighted by Gasteiger charge is -2.22. The van der Waals surface area contributed by atoms with E-state index >= 15 is 0 Å². The summed E-state index contributed by atoms with van der Waals surface area (Å²) >= 11 is 0. The van der Waals surface area contributed by atoms with Crippen LogP contribution in [0, 0.1) is 11.8 Å². The largest absolute Gasteiger partial charge is 0.349 e. The van der Waals surface area contributed by atoms with Gasteiger partial charge in [-0.15, -0.1) is 24.0 Å². The van der Waals surface area contributed by atoms with Gasteiger partial charge in [-0.05, 0) is 24.7 Å². The van der Waals surface area contributed by atoms with Crippen LogP contribution in [-0.4, -0.2) is 41.1 Å². The molecule has 1 aliphatic carbocycles. The fourth-order valence-corrected chi connectivity index (χ4v) is 3.70. The summed E-state index contributed by atoms with van der Waals surface area (Å²) in [4.78, 5) is 11.3. The van der Waals surface area contributed by atoms with Crippen molar-refractivity contribution in [2.24, 2.45) is 16.8 Å². The van der Waals surface area contributed by atoms with Crippen molar-refractivity contribution < 1.29 is 4.52 Å². The second-order valence-electron chi connectivity index (χ2n) is 7.88. The first-order chi connectivity index (χ1) is 11.0. The Morgan fingerprint density at radius 2 is 1.88 bits per heavy atom. The van der Waals surface area contributed by atoms with E-state index in [0.29, 0.717) is 18.3 Å². The summed E-state index contributed by atoms with van der Waals surface area (Å²) in [6.07, 6.45) is 5.52. The van der Waals surface area contributed by atoms with E-state index in [9.17, 15) is 0 Å². The molecule has 1 aliphatic heterocycles. The molecule has 1 aromatic rings. The third kappa shape index (κ3) is 4.40. The van der Waals surface area contributed by atoms with Gasteiger partial charge in [0.1, 0.15) is 0 Å². The summed E-state index contributed by atoms with van der Waals surface area (Å²) in [6, 6.07) is 0. The third-order valence-corrected chi connectivity index (χ3v) is 5.00. The van der Waals surface area contributed by atoms with E-state index < -0.39 is 0 Å². The fraction of sp³-hybridized carbons (Fsp3) is 0.824. The van der Waals surface area contributed by atoms with Crippen LogP contribution in [-0.2, 0) is 12.0 Å². The predicted molar refractivity (Wildman–Crippen MR) is 106 cm³/mol. The lowest BCUT2D eigenvalue weighted by atomic mass is 9.82. The zero-order valence-corrected chi connectivity index (χ0v) is 17.5. The Hall–Kier alpha value is -0.860. The van der Waals surface area contributed by atoms with Crippen LogP contribution in [0.4, 0.5) is 0 Å². The molecule has 2 fully saturated rings. The highest BCUT2D eigenvalue weighted by Crippen LogP contribution is 2.35. The number of hydrogen-bond acceptors (Lipinski definition) is 4. The van der Waals surface area contributed by atoms with Gasteiger partial charge in [0.2, 0.25) is 5.89 Å². The van der Waals surface area contributed by atoms with E-state index in [1.54, 1.807) is 0 Å². The van der Waals surface area contributed by atoms with Gasteiger partial charge >= 0.3 is 0 Å². The van der Waals surface area contributed by atoms with Gasteiger partial charge in [-0.1, -0.05) is 38.8 Å². The number of hydrogen-bond donors (Lipinski definition) is 1. The van der Waals surface area contributed by atoms with Gasteiger partial charge in [0.25, 0.3) is 0 Å². The Bertz CT molecular complexity index is 552. The van der Waals surface area contributed by atoms with Gasteiger partial charge < -0.3 is 14.7 Å². The molecule has 3 rings (SSSR count). The topological polar surface area (TPSA) is 66.5 Å². The minimum absolute atomic E-state index is 0. The van der Waals surface area contributed by atoms with Crippen molar-refractivity contribution in [3.05, 3.63) is 11.7 Å². The molecule has 2 atom stereocenters. The highest BCUT2D eigenvalue weighted by molar-refractivity contribution is 14.0. The second kappa shape index (κ2) is 8.01. The number of rotatable bonds is 2. The van der Waals surface area contributed by atoms with E-state index in [2.05, 4.69) is 46.1 Å². The molecule has 2 heterocycles. The van der Waals surface area contributed by atoms with E-state index in [-0.39, 0.29) is 29.4 Å². The van der Waals surface area contributed by atoms with Crippen molar-refractivity contribution in [1.82, 2.24) is 20.4 Å². The molecule has 1 saturated carbocycles. The van der Waals surface area contributed by atoms with Gasteiger partial charge in [-0.2, -0.15) is 4.98 Å². The summed E-state index contributed by atoms with van der Waals surface area (Å²) in [7, 11) is 1.85. The highest BCUT2D eigenvalue weighted by atomic mass is 127. The molecular weight excluding hydrogens is 417 g/mol.